The molecule has 1 aliphatic rings. The minimum atomic E-state index is 0.133. The molecule has 2 atom stereocenters. The number of likely N-dealkylation sites (tertiary alicyclic amines) is 1. The molecule has 0 saturated carbocycles. The van der Waals surface area contributed by atoms with Crippen molar-refractivity contribution in [3.8, 4) is 0 Å². The Morgan fingerprint density at radius 1 is 1.45 bits per heavy atom. The van der Waals surface area contributed by atoms with E-state index in [4.69, 9.17) is 5.73 Å². The molecule has 1 aromatic rings. The SMILES string of the molecule is CN(C)CC1CCCN1CCC(N)c1cccc(Br)c1. The van der Waals surface area contributed by atoms with Crippen molar-refractivity contribution >= 4 is 15.9 Å². The maximum atomic E-state index is 6.33. The summed E-state index contributed by atoms with van der Waals surface area (Å²) in [5.41, 5.74) is 7.56. The first kappa shape index (κ1) is 16.0. The van der Waals surface area contributed by atoms with Crippen LogP contribution in [0.5, 0.6) is 0 Å². The summed E-state index contributed by atoms with van der Waals surface area (Å²) in [6, 6.07) is 9.20. The van der Waals surface area contributed by atoms with E-state index >= 15 is 0 Å². The summed E-state index contributed by atoms with van der Waals surface area (Å²) in [6.07, 6.45) is 3.68. The van der Waals surface area contributed by atoms with E-state index in [2.05, 4.69) is 58.0 Å². The number of halogens is 1. The van der Waals surface area contributed by atoms with Gasteiger partial charge in [0.25, 0.3) is 0 Å². The molecule has 2 rings (SSSR count). The second kappa shape index (κ2) is 7.55. The zero-order valence-electron chi connectivity index (χ0n) is 12.6. The maximum Gasteiger partial charge on any atom is 0.0307 e. The van der Waals surface area contributed by atoms with Crippen molar-refractivity contribution in [2.75, 3.05) is 33.7 Å². The Bertz CT molecular complexity index is 422. The Morgan fingerprint density at radius 2 is 2.25 bits per heavy atom. The Labute approximate surface area is 131 Å². The average molecular weight is 340 g/mol. The second-order valence-electron chi connectivity index (χ2n) is 6.04. The molecule has 20 heavy (non-hydrogen) atoms. The van der Waals surface area contributed by atoms with Gasteiger partial charge in [0, 0.05) is 29.6 Å². The standard InChI is InChI=1S/C16H26BrN3/c1-19(2)12-15-7-4-9-20(15)10-8-16(18)13-5-3-6-14(17)11-13/h3,5-6,11,15-16H,4,7-10,12,18H2,1-2H3. The molecule has 3 nitrogen and oxygen atoms in total. The normalized spacial score (nSPS) is 21.6. The molecule has 1 saturated heterocycles. The number of rotatable bonds is 6. The number of hydrogen-bond acceptors (Lipinski definition) is 3. The molecule has 1 aromatic carbocycles. The van der Waals surface area contributed by atoms with Gasteiger partial charge in [-0.05, 0) is 57.6 Å². The molecule has 1 fully saturated rings. The fourth-order valence-electron chi connectivity index (χ4n) is 3.03. The quantitative estimate of drug-likeness (QED) is 0.864. The van der Waals surface area contributed by atoms with Gasteiger partial charge in [-0.2, -0.15) is 0 Å². The topological polar surface area (TPSA) is 32.5 Å². The van der Waals surface area contributed by atoms with Crippen LogP contribution in [-0.2, 0) is 0 Å². The summed E-state index contributed by atoms with van der Waals surface area (Å²) in [6.45, 7) is 3.49. The molecule has 0 spiro atoms. The molecule has 1 heterocycles. The van der Waals surface area contributed by atoms with Gasteiger partial charge in [0.05, 0.1) is 0 Å². The highest BCUT2D eigenvalue weighted by molar-refractivity contribution is 9.10. The zero-order valence-corrected chi connectivity index (χ0v) is 14.1. The van der Waals surface area contributed by atoms with E-state index < -0.39 is 0 Å². The predicted molar refractivity (Wildman–Crippen MR) is 88.8 cm³/mol. The van der Waals surface area contributed by atoms with E-state index in [1.54, 1.807) is 0 Å². The molecular formula is C16H26BrN3. The van der Waals surface area contributed by atoms with Gasteiger partial charge in [0.2, 0.25) is 0 Å². The first-order valence-electron chi connectivity index (χ1n) is 7.46. The Hall–Kier alpha value is -0.420. The largest absolute Gasteiger partial charge is 0.324 e. The molecule has 0 aliphatic carbocycles. The lowest BCUT2D eigenvalue weighted by Crippen LogP contribution is -2.38. The van der Waals surface area contributed by atoms with Crippen LogP contribution in [0, 0.1) is 0 Å². The van der Waals surface area contributed by atoms with Crippen molar-refractivity contribution in [1.82, 2.24) is 9.80 Å². The van der Waals surface area contributed by atoms with Gasteiger partial charge >= 0.3 is 0 Å². The summed E-state index contributed by atoms with van der Waals surface area (Å²) in [7, 11) is 4.31. The van der Waals surface area contributed by atoms with E-state index in [1.807, 2.05) is 6.07 Å². The van der Waals surface area contributed by atoms with Crippen LogP contribution in [0.25, 0.3) is 0 Å². The molecule has 0 amide bonds. The summed E-state index contributed by atoms with van der Waals surface area (Å²) in [5.74, 6) is 0. The van der Waals surface area contributed by atoms with E-state index in [1.165, 1.54) is 24.9 Å². The van der Waals surface area contributed by atoms with E-state index in [0.717, 1.165) is 24.0 Å². The van der Waals surface area contributed by atoms with E-state index in [-0.39, 0.29) is 6.04 Å². The monoisotopic (exact) mass is 339 g/mol. The molecular weight excluding hydrogens is 314 g/mol. The number of nitrogens with zero attached hydrogens (tertiary/aromatic N) is 2. The van der Waals surface area contributed by atoms with Crippen molar-refractivity contribution in [2.24, 2.45) is 5.73 Å². The lowest BCUT2D eigenvalue weighted by atomic mass is 10.0. The van der Waals surface area contributed by atoms with Crippen LogP contribution in [0.15, 0.2) is 28.7 Å². The van der Waals surface area contributed by atoms with E-state index in [0.29, 0.717) is 6.04 Å². The second-order valence-corrected chi connectivity index (χ2v) is 6.96. The average Bonchev–Trinajstić information content (AvgIpc) is 2.82. The first-order chi connectivity index (χ1) is 9.56. The zero-order chi connectivity index (χ0) is 14.5. The van der Waals surface area contributed by atoms with Crippen molar-refractivity contribution < 1.29 is 0 Å². The van der Waals surface area contributed by atoms with Crippen LogP contribution in [0.2, 0.25) is 0 Å². The Balaban J connectivity index is 1.85. The van der Waals surface area contributed by atoms with Gasteiger partial charge in [-0.15, -0.1) is 0 Å². The third kappa shape index (κ3) is 4.55. The third-order valence-corrected chi connectivity index (χ3v) is 4.57. The van der Waals surface area contributed by atoms with Crippen molar-refractivity contribution in [3.63, 3.8) is 0 Å². The van der Waals surface area contributed by atoms with Gasteiger partial charge in [-0.1, -0.05) is 28.1 Å². The highest BCUT2D eigenvalue weighted by atomic mass is 79.9. The van der Waals surface area contributed by atoms with Gasteiger partial charge in [-0.25, -0.2) is 0 Å². The molecule has 112 valence electrons. The molecule has 2 unspecified atom stereocenters. The predicted octanol–water partition coefficient (Wildman–Crippen LogP) is 2.87. The van der Waals surface area contributed by atoms with Gasteiger partial charge in [0.15, 0.2) is 0 Å². The van der Waals surface area contributed by atoms with Crippen molar-refractivity contribution in [3.05, 3.63) is 34.3 Å². The number of nitrogens with two attached hydrogens (primary N) is 1. The van der Waals surface area contributed by atoms with Crippen LogP contribution in [0.4, 0.5) is 0 Å². The maximum absolute atomic E-state index is 6.33. The van der Waals surface area contributed by atoms with Gasteiger partial charge in [-0.3, -0.25) is 4.90 Å². The number of hydrogen-bond donors (Lipinski definition) is 1. The molecule has 0 radical (unpaired) electrons. The van der Waals surface area contributed by atoms with Crippen molar-refractivity contribution in [1.29, 1.82) is 0 Å². The Kier molecular flexibility index (Phi) is 6.02. The fraction of sp³-hybridized carbons (Fsp3) is 0.625. The summed E-state index contributed by atoms with van der Waals surface area (Å²) >= 11 is 3.51. The van der Waals surface area contributed by atoms with E-state index in [9.17, 15) is 0 Å². The highest BCUT2D eigenvalue weighted by Crippen LogP contribution is 2.22. The van der Waals surface area contributed by atoms with Crippen LogP contribution < -0.4 is 5.73 Å². The van der Waals surface area contributed by atoms with Crippen LogP contribution in [0.3, 0.4) is 0 Å². The minimum Gasteiger partial charge on any atom is -0.324 e. The number of benzene rings is 1. The molecule has 0 aromatic heterocycles. The number of likely N-dealkylation sites (N-methyl/N-ethyl adjacent to an activating group) is 1. The molecule has 0 bridgehead atoms. The fourth-order valence-corrected chi connectivity index (χ4v) is 3.44. The highest BCUT2D eigenvalue weighted by Gasteiger charge is 2.24. The molecule has 4 heteroatoms. The summed E-state index contributed by atoms with van der Waals surface area (Å²) in [4.78, 5) is 4.90. The van der Waals surface area contributed by atoms with Crippen LogP contribution in [0.1, 0.15) is 30.9 Å². The summed E-state index contributed by atoms with van der Waals surface area (Å²) < 4.78 is 1.11. The Morgan fingerprint density at radius 3 is 2.95 bits per heavy atom. The molecule has 1 aliphatic heterocycles. The lowest BCUT2D eigenvalue weighted by Gasteiger charge is -2.28. The van der Waals surface area contributed by atoms with Crippen LogP contribution in [-0.4, -0.2) is 49.6 Å². The first-order valence-corrected chi connectivity index (χ1v) is 8.25. The smallest absolute Gasteiger partial charge is 0.0307 e. The lowest BCUT2D eigenvalue weighted by molar-refractivity contribution is 0.202. The van der Waals surface area contributed by atoms with Crippen molar-refractivity contribution in [2.45, 2.75) is 31.3 Å². The summed E-state index contributed by atoms with van der Waals surface area (Å²) in [5, 5.41) is 0. The third-order valence-electron chi connectivity index (χ3n) is 4.08. The van der Waals surface area contributed by atoms with Gasteiger partial charge in [0.1, 0.15) is 0 Å². The minimum absolute atomic E-state index is 0.133. The van der Waals surface area contributed by atoms with Crippen LogP contribution >= 0.6 is 15.9 Å². The molecule has 2 N–H and O–H groups in total. The van der Waals surface area contributed by atoms with Gasteiger partial charge < -0.3 is 10.6 Å².